The topological polar surface area (TPSA) is 50.4 Å². The lowest BCUT2D eigenvalue weighted by molar-refractivity contribution is -0.124. The van der Waals surface area contributed by atoms with Crippen molar-refractivity contribution in [3.63, 3.8) is 0 Å². The largest absolute Gasteiger partial charge is 0.482 e. The minimum Gasteiger partial charge on any atom is -0.482 e. The lowest BCUT2D eigenvalue weighted by Gasteiger charge is -2.30. The molecular weight excluding hydrogens is 335 g/mol. The summed E-state index contributed by atoms with van der Waals surface area (Å²) in [7, 11) is 0. The maximum atomic E-state index is 11.9. The van der Waals surface area contributed by atoms with Gasteiger partial charge in [0.25, 0.3) is 5.91 Å². The Labute approximate surface area is 139 Å². The van der Waals surface area contributed by atoms with Crippen LogP contribution in [0.4, 0.5) is 0 Å². The van der Waals surface area contributed by atoms with Crippen LogP contribution in [0.25, 0.3) is 0 Å². The first kappa shape index (κ1) is 16.7. The molecule has 0 saturated carbocycles. The van der Waals surface area contributed by atoms with Crippen molar-refractivity contribution in [3.05, 3.63) is 27.2 Å². The second kappa shape index (κ2) is 7.54. The Morgan fingerprint density at radius 3 is 2.76 bits per heavy atom. The van der Waals surface area contributed by atoms with Crippen LogP contribution in [-0.2, 0) is 4.79 Å². The second-order valence-corrected chi connectivity index (χ2v) is 6.27. The van der Waals surface area contributed by atoms with E-state index in [1.165, 1.54) is 12.1 Å². The van der Waals surface area contributed by atoms with Crippen LogP contribution in [0.1, 0.15) is 19.8 Å². The fourth-order valence-corrected chi connectivity index (χ4v) is 2.84. The summed E-state index contributed by atoms with van der Waals surface area (Å²) in [6, 6.07) is 3.38. The van der Waals surface area contributed by atoms with Gasteiger partial charge in [-0.3, -0.25) is 4.79 Å². The smallest absolute Gasteiger partial charge is 0.258 e. The molecule has 1 aliphatic heterocycles. The first-order valence-corrected chi connectivity index (χ1v) is 7.91. The molecule has 7 heteroatoms. The minimum atomic E-state index is -0.183. The Morgan fingerprint density at radius 1 is 1.33 bits per heavy atom. The van der Waals surface area contributed by atoms with Gasteiger partial charge in [-0.15, -0.1) is 0 Å². The number of rotatable bonds is 4. The minimum absolute atomic E-state index is 0.110. The van der Waals surface area contributed by atoms with Crippen molar-refractivity contribution in [2.45, 2.75) is 31.8 Å². The molecule has 1 heterocycles. The summed E-state index contributed by atoms with van der Waals surface area (Å²) in [6.45, 7) is 2.94. The Bertz CT molecular complexity index is 525. The molecule has 2 unspecified atom stereocenters. The van der Waals surface area contributed by atoms with Crippen molar-refractivity contribution in [1.82, 2.24) is 10.6 Å². The number of carbonyl (C=O) groups excluding carboxylic acids is 1. The van der Waals surface area contributed by atoms with Crippen LogP contribution < -0.4 is 15.4 Å². The molecule has 0 radical (unpaired) electrons. The third-order valence-corrected chi connectivity index (χ3v) is 4.46. The van der Waals surface area contributed by atoms with Crippen LogP contribution in [0.2, 0.25) is 15.1 Å². The van der Waals surface area contributed by atoms with E-state index in [0.29, 0.717) is 20.8 Å². The molecule has 4 nitrogen and oxygen atoms in total. The Hall–Kier alpha value is -0.680. The maximum absolute atomic E-state index is 11.9. The van der Waals surface area contributed by atoms with E-state index in [4.69, 9.17) is 39.5 Å². The van der Waals surface area contributed by atoms with Gasteiger partial charge < -0.3 is 15.4 Å². The fraction of sp³-hybridized carbons (Fsp3) is 0.500. The number of benzene rings is 1. The number of carbonyl (C=O) groups is 1. The number of halogens is 3. The predicted molar refractivity (Wildman–Crippen MR) is 85.6 cm³/mol. The van der Waals surface area contributed by atoms with E-state index < -0.39 is 0 Å². The number of ether oxygens (including phenoxy) is 1. The summed E-state index contributed by atoms with van der Waals surface area (Å²) in [6.07, 6.45) is 2.02. The molecule has 2 atom stereocenters. The molecule has 1 aromatic carbocycles. The Balaban J connectivity index is 1.88. The lowest BCUT2D eigenvalue weighted by atomic mass is 10.00. The van der Waals surface area contributed by atoms with E-state index in [1.54, 1.807) is 0 Å². The third kappa shape index (κ3) is 4.65. The van der Waals surface area contributed by atoms with E-state index in [1.807, 2.05) is 0 Å². The number of hydrogen-bond donors (Lipinski definition) is 2. The van der Waals surface area contributed by atoms with Gasteiger partial charge in [-0.1, -0.05) is 34.8 Å². The van der Waals surface area contributed by atoms with E-state index in [9.17, 15) is 4.79 Å². The number of nitrogens with one attached hydrogen (secondary N) is 2. The molecule has 0 aromatic heterocycles. The summed E-state index contributed by atoms with van der Waals surface area (Å²) in [5.74, 6) is 0.161. The van der Waals surface area contributed by atoms with Gasteiger partial charge >= 0.3 is 0 Å². The molecule has 0 aliphatic carbocycles. The number of amides is 1. The molecule has 1 saturated heterocycles. The van der Waals surface area contributed by atoms with E-state index in [0.717, 1.165) is 19.4 Å². The molecule has 116 valence electrons. The van der Waals surface area contributed by atoms with Crippen LogP contribution in [-0.4, -0.2) is 31.1 Å². The van der Waals surface area contributed by atoms with Crippen LogP contribution in [0.15, 0.2) is 12.1 Å². The Morgan fingerprint density at radius 2 is 2.05 bits per heavy atom. The zero-order valence-electron chi connectivity index (χ0n) is 11.6. The fourth-order valence-electron chi connectivity index (χ4n) is 2.25. The van der Waals surface area contributed by atoms with Gasteiger partial charge in [0.2, 0.25) is 0 Å². The van der Waals surface area contributed by atoms with Crippen molar-refractivity contribution in [1.29, 1.82) is 0 Å². The standard InChI is InChI=1S/C14H17Cl3N2O2/c1-8-12(3-2-4-18-8)19-14(20)7-21-13-6-10(16)9(15)5-11(13)17/h5-6,8,12,18H,2-4,7H2,1H3,(H,19,20). The average molecular weight is 352 g/mol. The van der Waals surface area contributed by atoms with Crippen molar-refractivity contribution < 1.29 is 9.53 Å². The molecule has 0 spiro atoms. The summed E-state index contributed by atoms with van der Waals surface area (Å²) >= 11 is 17.7. The predicted octanol–water partition coefficient (Wildman–Crippen LogP) is 3.28. The second-order valence-electron chi connectivity index (χ2n) is 5.04. The quantitative estimate of drug-likeness (QED) is 0.819. The van der Waals surface area contributed by atoms with Gasteiger partial charge in [0.1, 0.15) is 5.75 Å². The maximum Gasteiger partial charge on any atom is 0.258 e. The van der Waals surface area contributed by atoms with E-state index >= 15 is 0 Å². The Kier molecular flexibility index (Phi) is 5.99. The van der Waals surface area contributed by atoms with Gasteiger partial charge in [-0.05, 0) is 32.4 Å². The van der Waals surface area contributed by atoms with Gasteiger partial charge in [0.05, 0.1) is 15.1 Å². The van der Waals surface area contributed by atoms with Gasteiger partial charge in [0.15, 0.2) is 6.61 Å². The molecule has 1 amide bonds. The number of hydrogen-bond acceptors (Lipinski definition) is 3. The highest BCUT2D eigenvalue weighted by Crippen LogP contribution is 2.33. The first-order chi connectivity index (χ1) is 9.97. The summed E-state index contributed by atoms with van der Waals surface area (Å²) in [4.78, 5) is 11.9. The van der Waals surface area contributed by atoms with Crippen LogP contribution in [0.3, 0.4) is 0 Å². The average Bonchev–Trinajstić information content (AvgIpc) is 2.44. The third-order valence-electron chi connectivity index (χ3n) is 3.44. The van der Waals surface area contributed by atoms with Crippen LogP contribution in [0.5, 0.6) is 5.75 Å². The monoisotopic (exact) mass is 350 g/mol. The highest BCUT2D eigenvalue weighted by molar-refractivity contribution is 6.43. The normalized spacial score (nSPS) is 21.9. The van der Waals surface area contributed by atoms with Gasteiger partial charge in [0, 0.05) is 18.2 Å². The lowest BCUT2D eigenvalue weighted by Crippen LogP contribution is -2.52. The molecule has 0 bridgehead atoms. The van der Waals surface area contributed by atoms with Crippen molar-refractivity contribution >= 4 is 40.7 Å². The van der Waals surface area contributed by atoms with Crippen LogP contribution in [0, 0.1) is 0 Å². The molecule has 1 aliphatic rings. The van der Waals surface area contributed by atoms with E-state index in [-0.39, 0.29) is 24.6 Å². The molecule has 2 N–H and O–H groups in total. The van der Waals surface area contributed by atoms with Gasteiger partial charge in [-0.2, -0.15) is 0 Å². The highest BCUT2D eigenvalue weighted by atomic mass is 35.5. The molecule has 1 fully saturated rings. The van der Waals surface area contributed by atoms with Crippen molar-refractivity contribution in [2.24, 2.45) is 0 Å². The summed E-state index contributed by atoms with van der Waals surface area (Å²) < 4.78 is 5.40. The summed E-state index contributed by atoms with van der Waals surface area (Å²) in [5, 5.41) is 7.29. The SMILES string of the molecule is CC1NCCCC1NC(=O)COc1cc(Cl)c(Cl)cc1Cl. The van der Waals surface area contributed by atoms with Crippen molar-refractivity contribution in [2.75, 3.05) is 13.2 Å². The molecule has 21 heavy (non-hydrogen) atoms. The molecule has 2 rings (SSSR count). The molecular formula is C14H17Cl3N2O2. The first-order valence-electron chi connectivity index (χ1n) is 6.77. The number of piperidine rings is 1. The molecule has 1 aromatic rings. The highest BCUT2D eigenvalue weighted by Gasteiger charge is 2.22. The zero-order valence-corrected chi connectivity index (χ0v) is 13.9. The summed E-state index contributed by atoms with van der Waals surface area (Å²) in [5.41, 5.74) is 0. The van der Waals surface area contributed by atoms with E-state index in [2.05, 4.69) is 17.6 Å². The zero-order chi connectivity index (χ0) is 15.4. The van der Waals surface area contributed by atoms with Gasteiger partial charge in [-0.25, -0.2) is 0 Å². The van der Waals surface area contributed by atoms with Crippen molar-refractivity contribution in [3.8, 4) is 5.75 Å². The van der Waals surface area contributed by atoms with Crippen LogP contribution >= 0.6 is 34.8 Å².